The van der Waals surface area contributed by atoms with Crippen LogP contribution in [-0.4, -0.2) is 4.98 Å². The zero-order valence-electron chi connectivity index (χ0n) is 11.3. The highest BCUT2D eigenvalue weighted by molar-refractivity contribution is 7.18. The molecule has 0 radical (unpaired) electrons. The lowest BCUT2D eigenvalue weighted by atomic mass is 10.1. The molecule has 0 aliphatic heterocycles. The Kier molecular flexibility index (Phi) is 3.63. The second-order valence-electron chi connectivity index (χ2n) is 4.81. The minimum atomic E-state index is 0.0523. The minimum absolute atomic E-state index is 0.0523. The number of hydrogen-bond acceptors (Lipinski definition) is 3. The number of hydrogen-bond donors (Lipinski definition) is 1. The van der Waals surface area contributed by atoms with Crippen molar-refractivity contribution in [2.24, 2.45) is 5.73 Å². The smallest absolute Gasteiger partial charge is 0.123 e. The van der Waals surface area contributed by atoms with E-state index in [2.05, 4.69) is 41.4 Å². The summed E-state index contributed by atoms with van der Waals surface area (Å²) >= 11 is 1.71. The maximum atomic E-state index is 5.94. The highest BCUT2D eigenvalue weighted by Crippen LogP contribution is 2.32. The zero-order chi connectivity index (χ0) is 13.9. The van der Waals surface area contributed by atoms with Gasteiger partial charge in [0.1, 0.15) is 5.01 Å². The summed E-state index contributed by atoms with van der Waals surface area (Å²) in [5.41, 5.74) is 9.43. The predicted octanol–water partition coefficient (Wildman–Crippen LogP) is 4.50. The lowest BCUT2D eigenvalue weighted by Crippen LogP contribution is -2.04. The van der Waals surface area contributed by atoms with Gasteiger partial charge in [-0.15, -0.1) is 11.3 Å². The van der Waals surface area contributed by atoms with Crippen LogP contribution in [0.15, 0.2) is 60.8 Å². The molecule has 100 valence electrons. The second-order valence-corrected chi connectivity index (χ2v) is 5.84. The van der Waals surface area contributed by atoms with Crippen LogP contribution in [-0.2, 0) is 0 Å². The van der Waals surface area contributed by atoms with Crippen LogP contribution in [0.3, 0.4) is 0 Å². The van der Waals surface area contributed by atoms with Crippen molar-refractivity contribution in [1.29, 1.82) is 0 Å². The molecule has 0 spiro atoms. The third-order valence-electron chi connectivity index (χ3n) is 3.22. The molecule has 1 heterocycles. The Bertz CT molecular complexity index is 702. The second kappa shape index (κ2) is 5.57. The van der Waals surface area contributed by atoms with Crippen LogP contribution in [0.1, 0.15) is 18.5 Å². The summed E-state index contributed by atoms with van der Waals surface area (Å²) < 4.78 is 0. The molecular formula is C17H16N2S. The van der Waals surface area contributed by atoms with Gasteiger partial charge in [0.2, 0.25) is 0 Å². The van der Waals surface area contributed by atoms with E-state index < -0.39 is 0 Å². The first kappa shape index (κ1) is 13.0. The standard InChI is InChI=1S/C17H16N2S/c1-12(18)14-8-5-9-15(10-14)16-11-19-17(20-16)13-6-3-2-4-7-13/h2-12H,18H2,1H3/t12-/m0/s1. The molecule has 0 aliphatic carbocycles. The highest BCUT2D eigenvalue weighted by atomic mass is 32.1. The van der Waals surface area contributed by atoms with E-state index in [9.17, 15) is 0 Å². The molecule has 0 bridgehead atoms. The van der Waals surface area contributed by atoms with Gasteiger partial charge in [0.05, 0.1) is 4.88 Å². The average Bonchev–Trinajstić information content (AvgIpc) is 2.98. The molecule has 2 nitrogen and oxygen atoms in total. The SMILES string of the molecule is C[C@H](N)c1cccc(-c2cnc(-c3ccccc3)s2)c1. The molecule has 1 aromatic heterocycles. The van der Waals surface area contributed by atoms with Crippen LogP contribution in [0.25, 0.3) is 21.0 Å². The van der Waals surface area contributed by atoms with Crippen LogP contribution in [0.2, 0.25) is 0 Å². The fourth-order valence-corrected chi connectivity index (χ4v) is 3.01. The largest absolute Gasteiger partial charge is 0.324 e. The van der Waals surface area contributed by atoms with Crippen molar-refractivity contribution in [2.45, 2.75) is 13.0 Å². The molecule has 0 unspecified atom stereocenters. The van der Waals surface area contributed by atoms with Gasteiger partial charge in [-0.05, 0) is 24.1 Å². The molecule has 3 heteroatoms. The molecule has 0 amide bonds. The number of nitrogens with zero attached hydrogens (tertiary/aromatic N) is 1. The van der Waals surface area contributed by atoms with Gasteiger partial charge >= 0.3 is 0 Å². The maximum Gasteiger partial charge on any atom is 0.123 e. The Morgan fingerprint density at radius 1 is 1.00 bits per heavy atom. The molecule has 0 saturated carbocycles. The van der Waals surface area contributed by atoms with E-state index in [4.69, 9.17) is 5.73 Å². The number of nitrogens with two attached hydrogens (primary N) is 1. The normalized spacial score (nSPS) is 12.3. The monoisotopic (exact) mass is 280 g/mol. The Balaban J connectivity index is 1.96. The number of rotatable bonds is 3. The van der Waals surface area contributed by atoms with Crippen molar-refractivity contribution in [3.05, 3.63) is 66.4 Å². The van der Waals surface area contributed by atoms with E-state index in [-0.39, 0.29) is 6.04 Å². The van der Waals surface area contributed by atoms with E-state index in [0.717, 1.165) is 16.1 Å². The number of aromatic nitrogens is 1. The number of benzene rings is 2. The Morgan fingerprint density at radius 3 is 2.50 bits per heavy atom. The molecule has 0 fully saturated rings. The van der Waals surface area contributed by atoms with Crippen LogP contribution >= 0.6 is 11.3 Å². The molecular weight excluding hydrogens is 264 g/mol. The van der Waals surface area contributed by atoms with Crippen LogP contribution in [0.5, 0.6) is 0 Å². The summed E-state index contributed by atoms with van der Waals surface area (Å²) in [4.78, 5) is 5.70. The lowest BCUT2D eigenvalue weighted by molar-refractivity contribution is 0.819. The van der Waals surface area contributed by atoms with E-state index in [1.807, 2.05) is 31.3 Å². The highest BCUT2D eigenvalue weighted by Gasteiger charge is 2.07. The molecule has 2 aromatic carbocycles. The third-order valence-corrected chi connectivity index (χ3v) is 4.32. The minimum Gasteiger partial charge on any atom is -0.324 e. The Labute approximate surface area is 122 Å². The van der Waals surface area contributed by atoms with Crippen molar-refractivity contribution in [3.63, 3.8) is 0 Å². The van der Waals surface area contributed by atoms with Gasteiger partial charge < -0.3 is 5.73 Å². The van der Waals surface area contributed by atoms with Crippen molar-refractivity contribution < 1.29 is 0 Å². The summed E-state index contributed by atoms with van der Waals surface area (Å²) in [5.74, 6) is 0. The van der Waals surface area contributed by atoms with Gasteiger partial charge in [-0.2, -0.15) is 0 Å². The zero-order valence-corrected chi connectivity index (χ0v) is 12.1. The first-order chi connectivity index (χ1) is 9.74. The lowest BCUT2D eigenvalue weighted by Gasteiger charge is -2.06. The van der Waals surface area contributed by atoms with Crippen molar-refractivity contribution in [3.8, 4) is 21.0 Å². The predicted molar refractivity (Wildman–Crippen MR) is 85.6 cm³/mol. The quantitative estimate of drug-likeness (QED) is 0.767. The van der Waals surface area contributed by atoms with Gasteiger partial charge in [0.25, 0.3) is 0 Å². The summed E-state index contributed by atoms with van der Waals surface area (Å²) in [7, 11) is 0. The fraction of sp³-hybridized carbons (Fsp3) is 0.118. The summed E-state index contributed by atoms with van der Waals surface area (Å²) in [6.07, 6.45) is 1.94. The number of thiazole rings is 1. The first-order valence-electron chi connectivity index (χ1n) is 6.61. The molecule has 3 aromatic rings. The van der Waals surface area contributed by atoms with Crippen LogP contribution < -0.4 is 5.73 Å². The van der Waals surface area contributed by atoms with E-state index in [1.54, 1.807) is 11.3 Å². The van der Waals surface area contributed by atoms with Gasteiger partial charge in [-0.25, -0.2) is 4.98 Å². The molecule has 3 rings (SSSR count). The topological polar surface area (TPSA) is 38.9 Å². The van der Waals surface area contributed by atoms with Gasteiger partial charge in [-0.3, -0.25) is 0 Å². The van der Waals surface area contributed by atoms with Crippen LogP contribution in [0, 0.1) is 0 Å². The van der Waals surface area contributed by atoms with Gasteiger partial charge in [-0.1, -0.05) is 48.5 Å². The van der Waals surface area contributed by atoms with Crippen molar-refractivity contribution >= 4 is 11.3 Å². The maximum absolute atomic E-state index is 5.94. The third kappa shape index (κ3) is 2.64. The summed E-state index contributed by atoms with van der Waals surface area (Å²) in [6, 6.07) is 18.7. The van der Waals surface area contributed by atoms with Gasteiger partial charge in [0.15, 0.2) is 0 Å². The average molecular weight is 280 g/mol. The molecule has 20 heavy (non-hydrogen) atoms. The Morgan fingerprint density at radius 2 is 1.75 bits per heavy atom. The fourth-order valence-electron chi connectivity index (χ4n) is 2.10. The molecule has 0 saturated heterocycles. The van der Waals surface area contributed by atoms with Crippen molar-refractivity contribution in [1.82, 2.24) is 4.98 Å². The first-order valence-corrected chi connectivity index (χ1v) is 7.43. The van der Waals surface area contributed by atoms with Crippen molar-refractivity contribution in [2.75, 3.05) is 0 Å². The van der Waals surface area contributed by atoms with Gasteiger partial charge in [0, 0.05) is 17.8 Å². The van der Waals surface area contributed by atoms with E-state index in [1.165, 1.54) is 10.4 Å². The van der Waals surface area contributed by atoms with E-state index in [0.29, 0.717) is 0 Å². The molecule has 2 N–H and O–H groups in total. The molecule has 0 aliphatic rings. The van der Waals surface area contributed by atoms with Crippen LogP contribution in [0.4, 0.5) is 0 Å². The Hall–Kier alpha value is -1.97. The summed E-state index contributed by atoms with van der Waals surface area (Å²) in [6.45, 7) is 2.00. The van der Waals surface area contributed by atoms with E-state index >= 15 is 0 Å². The molecule has 1 atom stereocenters. The summed E-state index contributed by atoms with van der Waals surface area (Å²) in [5, 5.41) is 1.05.